The number of amides is 1. The quantitative estimate of drug-likeness (QED) is 0.803. The summed E-state index contributed by atoms with van der Waals surface area (Å²) in [7, 11) is 0. The number of alkyl halides is 3. The number of ether oxygens (including phenoxy) is 2. The summed E-state index contributed by atoms with van der Waals surface area (Å²) in [5, 5.41) is 0. The Morgan fingerprint density at radius 2 is 2.26 bits per heavy atom. The third kappa shape index (κ3) is 5.38. The monoisotopic (exact) mass is 332 g/mol. The molecule has 1 fully saturated rings. The zero-order valence-corrected chi connectivity index (χ0v) is 12.8. The number of aromatic nitrogens is 1. The first-order valence-electron chi connectivity index (χ1n) is 7.42. The maximum Gasteiger partial charge on any atom is 0.422 e. The first-order chi connectivity index (χ1) is 10.9. The van der Waals surface area contributed by atoms with Crippen LogP contribution in [0.1, 0.15) is 23.8 Å². The van der Waals surface area contributed by atoms with Gasteiger partial charge >= 0.3 is 6.18 Å². The second-order valence-electron chi connectivity index (χ2n) is 5.34. The lowest BCUT2D eigenvalue weighted by atomic mass is 10.1. The van der Waals surface area contributed by atoms with Crippen molar-refractivity contribution >= 4 is 5.91 Å². The average Bonchev–Trinajstić information content (AvgIpc) is 3.02. The molecule has 0 bridgehead atoms. The van der Waals surface area contributed by atoms with E-state index < -0.39 is 12.8 Å². The van der Waals surface area contributed by atoms with Gasteiger partial charge in [0.1, 0.15) is 5.69 Å². The highest BCUT2D eigenvalue weighted by Gasteiger charge is 2.29. The maximum absolute atomic E-state index is 12.5. The van der Waals surface area contributed by atoms with Gasteiger partial charge < -0.3 is 14.4 Å². The van der Waals surface area contributed by atoms with Gasteiger partial charge in [0.15, 0.2) is 6.61 Å². The summed E-state index contributed by atoms with van der Waals surface area (Å²) in [6.45, 7) is 2.75. The van der Waals surface area contributed by atoms with Crippen molar-refractivity contribution in [2.24, 2.45) is 5.92 Å². The minimum atomic E-state index is -4.44. The fourth-order valence-corrected chi connectivity index (χ4v) is 2.33. The van der Waals surface area contributed by atoms with Gasteiger partial charge in [-0.05, 0) is 19.4 Å². The van der Waals surface area contributed by atoms with E-state index in [-0.39, 0.29) is 23.4 Å². The Hall–Kier alpha value is -1.83. The lowest BCUT2D eigenvalue weighted by Crippen LogP contribution is -2.36. The lowest BCUT2D eigenvalue weighted by molar-refractivity contribution is -0.154. The number of rotatable bonds is 6. The molecule has 0 aliphatic carbocycles. The van der Waals surface area contributed by atoms with E-state index in [1.165, 1.54) is 18.2 Å². The predicted octanol–water partition coefficient (Wildman–Crippen LogP) is 2.52. The molecule has 1 aliphatic heterocycles. The molecule has 8 heteroatoms. The summed E-state index contributed by atoms with van der Waals surface area (Å²) in [5.41, 5.74) is 0.0745. The van der Waals surface area contributed by atoms with Crippen LogP contribution in [-0.4, -0.2) is 54.9 Å². The highest BCUT2D eigenvalue weighted by molar-refractivity contribution is 5.92. The normalized spacial score (nSPS) is 18.0. The molecule has 1 unspecified atom stereocenters. The second kappa shape index (κ2) is 7.63. The van der Waals surface area contributed by atoms with Crippen LogP contribution in [-0.2, 0) is 4.74 Å². The molecular weight excluding hydrogens is 313 g/mol. The van der Waals surface area contributed by atoms with Gasteiger partial charge in [0.25, 0.3) is 5.91 Å². The molecule has 0 N–H and O–H groups in total. The highest BCUT2D eigenvalue weighted by atomic mass is 19.4. The molecule has 1 aromatic rings. The van der Waals surface area contributed by atoms with E-state index in [1.807, 2.05) is 6.92 Å². The summed E-state index contributed by atoms with van der Waals surface area (Å²) < 4.78 is 46.4. The molecule has 1 atom stereocenters. The molecule has 2 rings (SSSR count). The van der Waals surface area contributed by atoms with Crippen molar-refractivity contribution in [3.05, 3.63) is 23.9 Å². The molecule has 1 saturated heterocycles. The average molecular weight is 332 g/mol. The molecule has 1 aliphatic rings. The summed E-state index contributed by atoms with van der Waals surface area (Å²) >= 11 is 0. The number of hydrogen-bond acceptors (Lipinski definition) is 4. The van der Waals surface area contributed by atoms with E-state index in [0.717, 1.165) is 6.42 Å². The molecule has 0 spiro atoms. The standard InChI is InChI=1S/C15H19F3N2O3/c1-2-20(8-11-6-7-22-9-11)14(21)12-4-3-5-13(19-12)23-10-15(16,17)18/h3-5,11H,2,6-10H2,1H3. The molecule has 2 heterocycles. The maximum atomic E-state index is 12.5. The second-order valence-corrected chi connectivity index (χ2v) is 5.34. The minimum absolute atomic E-state index is 0.0745. The van der Waals surface area contributed by atoms with Gasteiger partial charge in [-0.25, -0.2) is 4.98 Å². The highest BCUT2D eigenvalue weighted by Crippen LogP contribution is 2.18. The van der Waals surface area contributed by atoms with Crippen LogP contribution < -0.4 is 4.74 Å². The van der Waals surface area contributed by atoms with Gasteiger partial charge in [0.05, 0.1) is 6.61 Å². The van der Waals surface area contributed by atoms with Crippen LogP contribution in [0.25, 0.3) is 0 Å². The number of carbonyl (C=O) groups excluding carboxylic acids is 1. The number of pyridine rings is 1. The SMILES string of the molecule is CCN(CC1CCOC1)C(=O)c1cccc(OCC(F)(F)F)n1. The van der Waals surface area contributed by atoms with Crippen molar-refractivity contribution < 1.29 is 27.4 Å². The first-order valence-corrected chi connectivity index (χ1v) is 7.42. The van der Waals surface area contributed by atoms with Gasteiger partial charge in [-0.15, -0.1) is 0 Å². The first kappa shape index (κ1) is 17.5. The molecule has 0 aromatic carbocycles. The summed E-state index contributed by atoms with van der Waals surface area (Å²) in [5.74, 6) is -0.256. The Kier molecular flexibility index (Phi) is 5.81. The Balaban J connectivity index is 2.02. The van der Waals surface area contributed by atoms with E-state index in [0.29, 0.717) is 26.3 Å². The largest absolute Gasteiger partial charge is 0.468 e. The zero-order chi connectivity index (χ0) is 16.9. The van der Waals surface area contributed by atoms with Gasteiger partial charge in [-0.3, -0.25) is 4.79 Å². The third-order valence-corrected chi connectivity index (χ3v) is 3.50. The summed E-state index contributed by atoms with van der Waals surface area (Å²) in [6.07, 6.45) is -3.55. The van der Waals surface area contributed by atoms with Crippen LogP contribution in [0.3, 0.4) is 0 Å². The van der Waals surface area contributed by atoms with E-state index in [4.69, 9.17) is 4.74 Å². The van der Waals surface area contributed by atoms with E-state index in [1.54, 1.807) is 4.90 Å². The van der Waals surface area contributed by atoms with Crippen LogP contribution in [0.5, 0.6) is 5.88 Å². The Labute approximate surface area is 132 Å². The van der Waals surface area contributed by atoms with E-state index in [9.17, 15) is 18.0 Å². The van der Waals surface area contributed by atoms with Crippen molar-refractivity contribution in [3.8, 4) is 5.88 Å². The molecule has 1 aromatic heterocycles. The molecule has 23 heavy (non-hydrogen) atoms. The fraction of sp³-hybridized carbons (Fsp3) is 0.600. The number of halogens is 3. The van der Waals surface area contributed by atoms with Crippen molar-refractivity contribution in [3.63, 3.8) is 0 Å². The fourth-order valence-electron chi connectivity index (χ4n) is 2.33. The van der Waals surface area contributed by atoms with E-state index in [2.05, 4.69) is 9.72 Å². The Bertz CT molecular complexity index is 531. The van der Waals surface area contributed by atoms with Crippen LogP contribution in [0.4, 0.5) is 13.2 Å². The van der Waals surface area contributed by atoms with Gasteiger partial charge in [0, 0.05) is 31.7 Å². The van der Waals surface area contributed by atoms with Gasteiger partial charge in [-0.1, -0.05) is 6.07 Å². The molecule has 1 amide bonds. The van der Waals surface area contributed by atoms with Crippen molar-refractivity contribution in [1.82, 2.24) is 9.88 Å². The van der Waals surface area contributed by atoms with Crippen LogP contribution in [0, 0.1) is 5.92 Å². The Morgan fingerprint density at radius 1 is 1.48 bits per heavy atom. The molecule has 0 saturated carbocycles. The van der Waals surface area contributed by atoms with Crippen molar-refractivity contribution in [2.45, 2.75) is 19.5 Å². The zero-order valence-electron chi connectivity index (χ0n) is 12.8. The molecule has 5 nitrogen and oxygen atoms in total. The van der Waals surface area contributed by atoms with E-state index >= 15 is 0 Å². The van der Waals surface area contributed by atoms with Crippen molar-refractivity contribution in [2.75, 3.05) is 32.9 Å². The Morgan fingerprint density at radius 3 is 2.87 bits per heavy atom. The van der Waals surface area contributed by atoms with Crippen LogP contribution >= 0.6 is 0 Å². The number of nitrogens with zero attached hydrogens (tertiary/aromatic N) is 2. The lowest BCUT2D eigenvalue weighted by Gasteiger charge is -2.23. The van der Waals surface area contributed by atoms with Crippen LogP contribution in [0.2, 0.25) is 0 Å². The number of carbonyl (C=O) groups is 1. The number of hydrogen-bond donors (Lipinski definition) is 0. The molecular formula is C15H19F3N2O3. The topological polar surface area (TPSA) is 51.7 Å². The predicted molar refractivity (Wildman–Crippen MR) is 76.3 cm³/mol. The smallest absolute Gasteiger partial charge is 0.422 e. The van der Waals surface area contributed by atoms with Crippen molar-refractivity contribution in [1.29, 1.82) is 0 Å². The van der Waals surface area contributed by atoms with Gasteiger partial charge in [-0.2, -0.15) is 13.2 Å². The minimum Gasteiger partial charge on any atom is -0.468 e. The van der Waals surface area contributed by atoms with Gasteiger partial charge in [0.2, 0.25) is 5.88 Å². The summed E-state index contributed by atoms with van der Waals surface area (Å²) in [6, 6.07) is 4.22. The molecule has 0 radical (unpaired) electrons. The van der Waals surface area contributed by atoms with Crippen LogP contribution in [0.15, 0.2) is 18.2 Å². The summed E-state index contributed by atoms with van der Waals surface area (Å²) in [4.78, 5) is 18.0. The molecule has 128 valence electrons. The third-order valence-electron chi connectivity index (χ3n) is 3.50.